The molecule has 23 heavy (non-hydrogen) atoms. The molecule has 128 valence electrons. The molecule has 4 heteroatoms. The van der Waals surface area contributed by atoms with Crippen LogP contribution in [0.25, 0.3) is 0 Å². The number of carbonyl (C=O) groups is 1. The molecule has 0 heterocycles. The van der Waals surface area contributed by atoms with Crippen LogP contribution in [0.15, 0.2) is 24.3 Å². The molecule has 1 aliphatic carbocycles. The summed E-state index contributed by atoms with van der Waals surface area (Å²) in [5.74, 6) is -0.0955. The molecule has 2 N–H and O–H groups in total. The van der Waals surface area contributed by atoms with Crippen molar-refractivity contribution in [2.45, 2.75) is 64.5 Å². The monoisotopic (exact) mass is 318 g/mol. The molecule has 1 saturated carbocycles. The SMILES string of the molecule is CC(C)N(CCOC(=O)C1(c2cccc(N)c2)CCC1)C(C)C. The second-order valence-corrected chi connectivity index (χ2v) is 7.12. The fraction of sp³-hybridized carbons (Fsp3) is 0.632. The third kappa shape index (κ3) is 3.86. The van der Waals surface area contributed by atoms with Crippen molar-refractivity contribution >= 4 is 11.7 Å². The van der Waals surface area contributed by atoms with E-state index in [0.29, 0.717) is 24.4 Å². The number of nitrogens with two attached hydrogens (primary N) is 1. The number of hydrogen-bond donors (Lipinski definition) is 1. The largest absolute Gasteiger partial charge is 0.464 e. The third-order valence-corrected chi connectivity index (χ3v) is 4.95. The number of esters is 1. The van der Waals surface area contributed by atoms with Gasteiger partial charge in [-0.1, -0.05) is 18.6 Å². The predicted molar refractivity (Wildman–Crippen MR) is 94.3 cm³/mol. The maximum Gasteiger partial charge on any atom is 0.316 e. The van der Waals surface area contributed by atoms with Crippen LogP contribution < -0.4 is 5.73 Å². The number of hydrogen-bond acceptors (Lipinski definition) is 4. The van der Waals surface area contributed by atoms with E-state index < -0.39 is 5.41 Å². The molecule has 1 aromatic rings. The van der Waals surface area contributed by atoms with Crippen LogP contribution in [0.5, 0.6) is 0 Å². The Morgan fingerprint density at radius 2 is 1.91 bits per heavy atom. The second-order valence-electron chi connectivity index (χ2n) is 7.12. The molecule has 0 bridgehead atoms. The molecule has 0 radical (unpaired) electrons. The van der Waals surface area contributed by atoms with Crippen molar-refractivity contribution < 1.29 is 9.53 Å². The molecule has 0 aromatic heterocycles. The minimum atomic E-state index is -0.476. The predicted octanol–water partition coefficient (Wildman–Crippen LogP) is 3.35. The average molecular weight is 318 g/mol. The number of ether oxygens (including phenoxy) is 1. The van der Waals surface area contributed by atoms with Gasteiger partial charge in [-0.3, -0.25) is 9.69 Å². The molecule has 0 unspecified atom stereocenters. The van der Waals surface area contributed by atoms with Gasteiger partial charge in [0.25, 0.3) is 0 Å². The van der Waals surface area contributed by atoms with Crippen molar-refractivity contribution in [3.8, 4) is 0 Å². The zero-order valence-electron chi connectivity index (χ0n) is 14.8. The smallest absolute Gasteiger partial charge is 0.316 e. The second kappa shape index (κ2) is 7.35. The number of nitrogens with zero attached hydrogens (tertiary/aromatic N) is 1. The van der Waals surface area contributed by atoms with E-state index in [1.54, 1.807) is 0 Å². The lowest BCUT2D eigenvalue weighted by atomic mass is 9.64. The van der Waals surface area contributed by atoms with E-state index in [-0.39, 0.29) is 5.97 Å². The molecule has 0 saturated heterocycles. The maximum absolute atomic E-state index is 12.7. The Balaban J connectivity index is 1.99. The van der Waals surface area contributed by atoms with Gasteiger partial charge in [0.2, 0.25) is 0 Å². The lowest BCUT2D eigenvalue weighted by Gasteiger charge is -2.40. The fourth-order valence-electron chi connectivity index (χ4n) is 3.47. The van der Waals surface area contributed by atoms with E-state index in [2.05, 4.69) is 32.6 Å². The molecule has 0 aliphatic heterocycles. The maximum atomic E-state index is 12.7. The zero-order chi connectivity index (χ0) is 17.0. The molecule has 0 spiro atoms. The first-order valence-corrected chi connectivity index (χ1v) is 8.66. The van der Waals surface area contributed by atoms with E-state index in [1.165, 1.54) is 0 Å². The third-order valence-electron chi connectivity index (χ3n) is 4.95. The standard InChI is InChI=1S/C19H30N2O2/c1-14(2)21(15(3)4)11-12-23-18(22)19(9-6-10-19)16-7-5-8-17(20)13-16/h5,7-8,13-15H,6,9-12,20H2,1-4H3. The Bertz CT molecular complexity index is 528. The molecule has 4 nitrogen and oxygen atoms in total. The highest BCUT2D eigenvalue weighted by atomic mass is 16.5. The van der Waals surface area contributed by atoms with Crippen molar-refractivity contribution in [2.24, 2.45) is 0 Å². The summed E-state index contributed by atoms with van der Waals surface area (Å²) in [4.78, 5) is 15.0. The Morgan fingerprint density at radius 3 is 2.39 bits per heavy atom. The number of carbonyl (C=O) groups excluding carboxylic acids is 1. The van der Waals surface area contributed by atoms with Gasteiger partial charge in [0, 0.05) is 24.3 Å². The minimum Gasteiger partial charge on any atom is -0.464 e. The van der Waals surface area contributed by atoms with Gasteiger partial charge in [-0.05, 0) is 58.2 Å². The molecular weight excluding hydrogens is 288 g/mol. The summed E-state index contributed by atoms with van der Waals surface area (Å²) < 4.78 is 5.65. The van der Waals surface area contributed by atoms with Crippen LogP contribution in [0.4, 0.5) is 5.69 Å². The molecule has 2 rings (SSSR count). The van der Waals surface area contributed by atoms with Crippen LogP contribution in [0.3, 0.4) is 0 Å². The first kappa shape index (κ1) is 17.8. The van der Waals surface area contributed by atoms with Gasteiger partial charge in [0.1, 0.15) is 6.61 Å². The van der Waals surface area contributed by atoms with Gasteiger partial charge in [0.05, 0.1) is 5.41 Å². The first-order chi connectivity index (χ1) is 10.9. The summed E-state index contributed by atoms with van der Waals surface area (Å²) in [6, 6.07) is 8.56. The van der Waals surface area contributed by atoms with Crippen molar-refractivity contribution in [2.75, 3.05) is 18.9 Å². The van der Waals surface area contributed by atoms with Gasteiger partial charge in [-0.15, -0.1) is 0 Å². The fourth-order valence-corrected chi connectivity index (χ4v) is 3.47. The van der Waals surface area contributed by atoms with Gasteiger partial charge < -0.3 is 10.5 Å². The van der Waals surface area contributed by atoms with Crippen LogP contribution in [-0.2, 0) is 14.9 Å². The first-order valence-electron chi connectivity index (χ1n) is 8.66. The Kier molecular flexibility index (Phi) is 5.69. The molecule has 1 aliphatic rings. The van der Waals surface area contributed by atoms with E-state index in [0.717, 1.165) is 31.4 Å². The molecule has 0 amide bonds. The van der Waals surface area contributed by atoms with Crippen LogP contribution >= 0.6 is 0 Å². The summed E-state index contributed by atoms with van der Waals surface area (Å²) in [7, 11) is 0. The Morgan fingerprint density at radius 1 is 1.26 bits per heavy atom. The van der Waals surface area contributed by atoms with Crippen molar-refractivity contribution in [1.82, 2.24) is 4.90 Å². The highest BCUT2D eigenvalue weighted by molar-refractivity contribution is 5.84. The van der Waals surface area contributed by atoms with Crippen LogP contribution in [0, 0.1) is 0 Å². The number of anilines is 1. The molecule has 1 fully saturated rings. The summed E-state index contributed by atoms with van der Waals surface area (Å²) in [6.45, 7) is 9.89. The van der Waals surface area contributed by atoms with E-state index in [1.807, 2.05) is 24.3 Å². The van der Waals surface area contributed by atoms with Crippen LogP contribution in [0.1, 0.15) is 52.5 Å². The summed E-state index contributed by atoms with van der Waals surface area (Å²) in [5.41, 5.74) is 7.11. The van der Waals surface area contributed by atoms with E-state index in [9.17, 15) is 4.79 Å². The van der Waals surface area contributed by atoms with Crippen molar-refractivity contribution in [3.05, 3.63) is 29.8 Å². The number of nitrogen functional groups attached to an aromatic ring is 1. The molecular formula is C19H30N2O2. The number of rotatable bonds is 7. The highest BCUT2D eigenvalue weighted by Gasteiger charge is 2.47. The van der Waals surface area contributed by atoms with Gasteiger partial charge in [-0.25, -0.2) is 0 Å². The Hall–Kier alpha value is -1.55. The van der Waals surface area contributed by atoms with Gasteiger partial charge in [0.15, 0.2) is 0 Å². The van der Waals surface area contributed by atoms with Gasteiger partial charge >= 0.3 is 5.97 Å². The molecule has 0 atom stereocenters. The van der Waals surface area contributed by atoms with Crippen molar-refractivity contribution in [3.63, 3.8) is 0 Å². The topological polar surface area (TPSA) is 55.6 Å². The zero-order valence-corrected chi connectivity index (χ0v) is 14.8. The van der Waals surface area contributed by atoms with Crippen LogP contribution in [-0.4, -0.2) is 36.1 Å². The van der Waals surface area contributed by atoms with E-state index >= 15 is 0 Å². The quantitative estimate of drug-likeness (QED) is 0.619. The summed E-state index contributed by atoms with van der Waals surface area (Å²) >= 11 is 0. The Labute approximate surface area is 140 Å². The normalized spacial score (nSPS) is 16.7. The highest BCUT2D eigenvalue weighted by Crippen LogP contribution is 2.45. The summed E-state index contributed by atoms with van der Waals surface area (Å²) in [6.07, 6.45) is 2.77. The molecule has 1 aromatic carbocycles. The van der Waals surface area contributed by atoms with Crippen LogP contribution in [0.2, 0.25) is 0 Å². The number of benzene rings is 1. The lowest BCUT2D eigenvalue weighted by molar-refractivity contribution is -0.155. The van der Waals surface area contributed by atoms with Gasteiger partial charge in [-0.2, -0.15) is 0 Å². The lowest BCUT2D eigenvalue weighted by Crippen LogP contribution is -2.45. The van der Waals surface area contributed by atoms with Crippen molar-refractivity contribution in [1.29, 1.82) is 0 Å². The summed E-state index contributed by atoms with van der Waals surface area (Å²) in [5, 5.41) is 0. The van der Waals surface area contributed by atoms with E-state index in [4.69, 9.17) is 10.5 Å². The average Bonchev–Trinajstić information content (AvgIpc) is 2.41. The minimum absolute atomic E-state index is 0.0955.